The monoisotopic (exact) mass is 870 g/mol. The first-order chi connectivity index (χ1) is 30.6. The summed E-state index contributed by atoms with van der Waals surface area (Å²) in [7, 11) is 0. The molecule has 12 heteroatoms. The lowest BCUT2D eigenvalue weighted by Crippen LogP contribution is -2.70. The maximum Gasteiger partial charge on any atom is 0.239 e. The largest absolute Gasteiger partial charge is 0.492 e. The molecule has 1 saturated heterocycles. The van der Waals surface area contributed by atoms with Crippen LogP contribution < -0.4 is 18.9 Å². The molecule has 344 valence electrons. The van der Waals surface area contributed by atoms with Crippen molar-refractivity contribution in [3.63, 3.8) is 0 Å². The highest BCUT2D eigenvalue weighted by Crippen LogP contribution is 2.62. The minimum Gasteiger partial charge on any atom is -0.492 e. The third-order valence-corrected chi connectivity index (χ3v) is 14.0. The molecule has 3 aliphatic carbocycles. The Morgan fingerprint density at radius 2 is 1.75 bits per heavy atom. The van der Waals surface area contributed by atoms with Gasteiger partial charge in [-0.3, -0.25) is 9.69 Å². The summed E-state index contributed by atoms with van der Waals surface area (Å²) in [6.45, 7) is 14.7. The highest BCUT2D eigenvalue weighted by molar-refractivity contribution is 6.03. The Morgan fingerprint density at radius 3 is 2.49 bits per heavy atom. The van der Waals surface area contributed by atoms with E-state index < -0.39 is 23.3 Å². The number of nitrogens with zero attached hydrogens (tertiary/aromatic N) is 3. The van der Waals surface area contributed by atoms with Gasteiger partial charge in [0.1, 0.15) is 29.7 Å². The Morgan fingerprint density at radius 1 is 0.984 bits per heavy atom. The Kier molecular flexibility index (Phi) is 14.7. The number of oxime groups is 1. The maximum absolute atomic E-state index is 15.3. The third-order valence-electron chi connectivity index (χ3n) is 14.0. The van der Waals surface area contributed by atoms with Crippen LogP contribution in [0, 0.1) is 23.7 Å². The molecule has 12 nitrogen and oxygen atoms in total. The number of fused-ring (bicyclic) bond motifs is 3. The second kappa shape index (κ2) is 20.4. The predicted molar refractivity (Wildman–Crippen MR) is 242 cm³/mol. The second-order valence-corrected chi connectivity index (χ2v) is 19.6. The first-order valence-corrected chi connectivity index (χ1v) is 23.9. The number of benzene rings is 2. The summed E-state index contributed by atoms with van der Waals surface area (Å²) in [6, 6.07) is 11.5. The van der Waals surface area contributed by atoms with Gasteiger partial charge in [-0.2, -0.15) is 0 Å². The smallest absolute Gasteiger partial charge is 0.239 e. The number of hydrogen-bond donors (Lipinski definition) is 2. The highest BCUT2D eigenvalue weighted by atomic mass is 16.7. The Bertz CT molecular complexity index is 1950. The molecule has 3 fully saturated rings. The summed E-state index contributed by atoms with van der Waals surface area (Å²) in [6.07, 6.45) is 15.4. The second-order valence-electron chi connectivity index (χ2n) is 19.6. The number of ether oxygens (including phenoxy) is 5. The molecular formula is C51H71N3O9. The average molecular weight is 870 g/mol. The van der Waals surface area contributed by atoms with Crippen LogP contribution in [0.15, 0.2) is 65.9 Å². The maximum atomic E-state index is 15.3. The van der Waals surface area contributed by atoms with E-state index in [0.29, 0.717) is 56.3 Å². The molecule has 63 heavy (non-hydrogen) atoms. The van der Waals surface area contributed by atoms with E-state index in [1.165, 1.54) is 12.8 Å². The summed E-state index contributed by atoms with van der Waals surface area (Å²) in [5.41, 5.74) is 3.23. The molecular weight excluding hydrogens is 799 g/mol. The number of aliphatic hydroxyl groups excluding tert-OH is 2. The fourth-order valence-corrected chi connectivity index (χ4v) is 10.9. The van der Waals surface area contributed by atoms with Crippen molar-refractivity contribution in [2.45, 2.75) is 134 Å². The van der Waals surface area contributed by atoms with Crippen molar-refractivity contribution >= 4 is 11.6 Å². The zero-order valence-electron chi connectivity index (χ0n) is 37.9. The average Bonchev–Trinajstić information content (AvgIpc) is 3.71. The van der Waals surface area contributed by atoms with Crippen molar-refractivity contribution in [1.29, 1.82) is 0 Å². The van der Waals surface area contributed by atoms with E-state index in [4.69, 9.17) is 33.7 Å². The van der Waals surface area contributed by atoms with Crippen LogP contribution in [0.5, 0.6) is 23.0 Å². The zero-order valence-corrected chi connectivity index (χ0v) is 37.9. The summed E-state index contributed by atoms with van der Waals surface area (Å²) in [4.78, 5) is 26.0. The molecule has 1 amide bonds. The standard InChI is InChI=1S/C51H71N3O9/c1-5-27-61-51-46(54(47(57)21-17-35-12-6-7-13-35)33-36-16-19-44-45(29-36)60-34-59-44)32-42(52-63-50(2,3)4)40-30-37(14-8-10-25-55)39(15-9-11-26-56)48(49(40)51)41-31-38(18-20-43(41)62-51)58-28-24-53-22-23-53/h5,16,18-20,29-31,35,37,39,46,48-49,55-56H,1,6-15,17,21-28,32-34H2,2-4H3. The Hall–Kier alpha value is -4.10. The predicted octanol–water partition coefficient (Wildman–Crippen LogP) is 8.54. The van der Waals surface area contributed by atoms with Crippen molar-refractivity contribution in [3.8, 4) is 23.0 Å². The molecule has 3 aliphatic heterocycles. The number of amides is 1. The van der Waals surface area contributed by atoms with E-state index in [2.05, 4.69) is 23.6 Å². The van der Waals surface area contributed by atoms with Gasteiger partial charge in [0.2, 0.25) is 18.5 Å². The van der Waals surface area contributed by atoms with Crippen LogP contribution in [0.2, 0.25) is 0 Å². The van der Waals surface area contributed by atoms with E-state index >= 15 is 4.79 Å². The van der Waals surface area contributed by atoms with E-state index in [9.17, 15) is 10.2 Å². The van der Waals surface area contributed by atoms with Crippen molar-refractivity contribution < 1.29 is 43.5 Å². The van der Waals surface area contributed by atoms with Crippen molar-refractivity contribution in [1.82, 2.24) is 9.80 Å². The van der Waals surface area contributed by atoms with Crippen LogP contribution in [-0.4, -0.2) is 102 Å². The normalized spacial score (nSPS) is 26.7. The summed E-state index contributed by atoms with van der Waals surface area (Å²) in [5.74, 6) is 1.85. The van der Waals surface area contributed by atoms with Crippen LogP contribution in [0.25, 0.3) is 0 Å². The number of unbranched alkanes of at least 4 members (excludes halogenated alkanes) is 2. The van der Waals surface area contributed by atoms with Crippen LogP contribution in [0.4, 0.5) is 0 Å². The van der Waals surface area contributed by atoms with Crippen molar-refractivity contribution in [2.24, 2.45) is 28.8 Å². The fourth-order valence-electron chi connectivity index (χ4n) is 10.9. The van der Waals surface area contributed by atoms with Gasteiger partial charge in [0, 0.05) is 63.7 Å². The van der Waals surface area contributed by atoms with Gasteiger partial charge in [0.05, 0.1) is 18.2 Å². The molecule has 0 bridgehead atoms. The summed E-state index contributed by atoms with van der Waals surface area (Å²) in [5, 5.41) is 25.0. The van der Waals surface area contributed by atoms with Crippen molar-refractivity contribution in [2.75, 3.05) is 52.9 Å². The SMILES string of the molecule is C=CCOC12Oc3ccc(OCCN4CC4)cc3C3C(CCCCO)C(CCCCO)C=C(C(=NOC(C)(C)C)CC1N(Cc1ccc4c(c1)OCO4)C(=O)CCC1CCCC1)C32. The van der Waals surface area contributed by atoms with Gasteiger partial charge in [-0.15, -0.1) is 6.58 Å². The fraction of sp³-hybridized carbons (Fsp3) is 0.647. The number of hydrogen-bond acceptors (Lipinski definition) is 11. The lowest BCUT2D eigenvalue weighted by molar-refractivity contribution is -0.258. The Labute approximate surface area is 374 Å². The van der Waals surface area contributed by atoms with Gasteiger partial charge < -0.3 is 43.6 Å². The molecule has 6 atom stereocenters. The lowest BCUT2D eigenvalue weighted by Gasteiger charge is -2.60. The molecule has 6 unspecified atom stereocenters. The summed E-state index contributed by atoms with van der Waals surface area (Å²) < 4.78 is 32.8. The minimum absolute atomic E-state index is 0.0490. The number of aliphatic hydroxyl groups is 2. The molecule has 2 aromatic carbocycles. The van der Waals surface area contributed by atoms with E-state index in [1.54, 1.807) is 6.08 Å². The van der Waals surface area contributed by atoms with Crippen molar-refractivity contribution in [3.05, 3.63) is 71.8 Å². The molecule has 0 aromatic heterocycles. The number of carbonyl (C=O) groups is 1. The van der Waals surface area contributed by atoms with Gasteiger partial charge >= 0.3 is 0 Å². The van der Waals surface area contributed by atoms with Gasteiger partial charge in [0.25, 0.3) is 0 Å². The summed E-state index contributed by atoms with van der Waals surface area (Å²) >= 11 is 0. The topological polar surface area (TPSA) is 132 Å². The molecule has 3 heterocycles. The van der Waals surface area contributed by atoms with Gasteiger partial charge in [0.15, 0.2) is 11.5 Å². The quantitative estimate of drug-likeness (QED) is 0.0514. The van der Waals surface area contributed by atoms with E-state index in [1.807, 2.05) is 56.0 Å². The number of allylic oxidation sites excluding steroid dienone is 1. The number of carbonyl (C=O) groups excluding carboxylic acids is 1. The first-order valence-electron chi connectivity index (χ1n) is 23.9. The molecule has 2 saturated carbocycles. The van der Waals surface area contributed by atoms with E-state index in [-0.39, 0.29) is 50.3 Å². The highest BCUT2D eigenvalue weighted by Gasteiger charge is 2.65. The Balaban J connectivity index is 1.30. The minimum atomic E-state index is -1.34. The van der Waals surface area contributed by atoms with Gasteiger partial charge in [-0.05, 0) is 112 Å². The van der Waals surface area contributed by atoms with Crippen LogP contribution >= 0.6 is 0 Å². The lowest BCUT2D eigenvalue weighted by atomic mass is 9.55. The molecule has 6 aliphatic rings. The third kappa shape index (κ3) is 10.6. The zero-order chi connectivity index (χ0) is 44.0. The molecule has 8 rings (SSSR count). The van der Waals surface area contributed by atoms with Crippen LogP contribution in [0.1, 0.15) is 121 Å². The van der Waals surface area contributed by atoms with Gasteiger partial charge in [-0.25, -0.2) is 0 Å². The number of rotatable bonds is 22. The molecule has 2 N–H and O–H groups in total. The molecule has 0 radical (unpaired) electrons. The van der Waals surface area contributed by atoms with Gasteiger partial charge in [-0.1, -0.05) is 61.9 Å². The molecule has 0 spiro atoms. The first kappa shape index (κ1) is 45.5. The molecule has 2 aromatic rings. The van der Waals surface area contributed by atoms with E-state index in [0.717, 1.165) is 98.5 Å². The van der Waals surface area contributed by atoms with Crippen LogP contribution in [0.3, 0.4) is 0 Å². The van der Waals surface area contributed by atoms with Crippen LogP contribution in [-0.2, 0) is 20.9 Å².